The zero-order valence-electron chi connectivity index (χ0n) is 3.50. The third kappa shape index (κ3) is 5.07. The van der Waals surface area contributed by atoms with Crippen molar-refractivity contribution in [2.24, 2.45) is 0 Å². The maximum Gasteiger partial charge on any atom is 0.233 e. The minimum absolute atomic E-state index is 0.569. The van der Waals surface area contributed by atoms with Crippen molar-refractivity contribution >= 4 is 0 Å². The van der Waals surface area contributed by atoms with Gasteiger partial charge in [0.2, 0.25) is 6.20 Å². The summed E-state index contributed by atoms with van der Waals surface area (Å²) in [4.78, 5) is 8.60. The van der Waals surface area contributed by atoms with Gasteiger partial charge in [-0.05, 0) is 0 Å². The van der Waals surface area contributed by atoms with Gasteiger partial charge in [-0.3, -0.25) is 10.1 Å². The van der Waals surface area contributed by atoms with Gasteiger partial charge in [-0.15, -0.1) is 0 Å². The van der Waals surface area contributed by atoms with Gasteiger partial charge in [0.05, 0.1) is 4.92 Å². The van der Waals surface area contributed by atoms with Gasteiger partial charge in [-0.25, -0.2) is 4.39 Å². The number of nitrogens with zero attached hydrogens (tertiary/aromatic N) is 1. The number of allylic oxidation sites excluding steroid dienone is 1. The molecule has 40 valence electrons. The summed E-state index contributed by atoms with van der Waals surface area (Å²) in [6, 6.07) is 0. The average Bonchev–Trinajstić information content (AvgIpc) is 1.61. The first-order chi connectivity index (χ1) is 3.27. The molecule has 0 aromatic heterocycles. The van der Waals surface area contributed by atoms with E-state index in [0.717, 1.165) is 6.08 Å². The summed E-state index contributed by atoms with van der Waals surface area (Å²) in [7, 11) is 0. The Morgan fingerprint density at radius 1 is 1.86 bits per heavy atom. The van der Waals surface area contributed by atoms with Crippen LogP contribution in [0, 0.1) is 10.1 Å². The second kappa shape index (κ2) is 3.27. The van der Waals surface area contributed by atoms with Crippen LogP contribution in [0.2, 0.25) is 0 Å². The van der Waals surface area contributed by atoms with Crippen LogP contribution in [0.1, 0.15) is 0 Å². The minimum Gasteiger partial charge on any atom is -0.259 e. The molecule has 0 atom stereocenters. The Kier molecular flexibility index (Phi) is 2.83. The molecule has 0 N–H and O–H groups in total. The first-order valence-electron chi connectivity index (χ1n) is 1.63. The van der Waals surface area contributed by atoms with E-state index in [1.54, 1.807) is 0 Å². The Bertz CT molecular complexity index is 90.9. The number of halogens is 1. The monoisotopic (exact) mass is 105 g/mol. The molecular formula is C3H4FNO2. The zero-order chi connectivity index (χ0) is 5.70. The molecule has 0 spiro atoms. The maximum atomic E-state index is 11.0. The zero-order valence-corrected chi connectivity index (χ0v) is 3.50. The highest BCUT2D eigenvalue weighted by Gasteiger charge is 1.79. The SMILES string of the molecule is O=[N+]([O-])/C=C/CF. The van der Waals surface area contributed by atoms with E-state index < -0.39 is 11.6 Å². The highest BCUT2D eigenvalue weighted by molar-refractivity contribution is 4.69. The standard InChI is InChI=1S/C3H4FNO2/c4-2-1-3-5(6)7/h1,3H,2H2/b3-1+. The van der Waals surface area contributed by atoms with Gasteiger partial charge in [0.1, 0.15) is 6.67 Å². The summed E-state index contributed by atoms with van der Waals surface area (Å²) < 4.78 is 11.0. The molecule has 0 fully saturated rings. The van der Waals surface area contributed by atoms with Crippen molar-refractivity contribution in [3.8, 4) is 0 Å². The molecule has 3 nitrogen and oxygen atoms in total. The fourth-order valence-electron chi connectivity index (χ4n) is 0.126. The van der Waals surface area contributed by atoms with Gasteiger partial charge in [-0.1, -0.05) is 0 Å². The molecule has 0 aliphatic heterocycles. The van der Waals surface area contributed by atoms with Gasteiger partial charge in [-0.2, -0.15) is 0 Å². The van der Waals surface area contributed by atoms with E-state index in [1.807, 2.05) is 0 Å². The molecule has 0 saturated carbocycles. The van der Waals surface area contributed by atoms with Crippen molar-refractivity contribution in [3.05, 3.63) is 22.4 Å². The molecule has 7 heavy (non-hydrogen) atoms. The van der Waals surface area contributed by atoms with E-state index in [9.17, 15) is 14.5 Å². The second-order valence-corrected chi connectivity index (χ2v) is 0.824. The summed E-state index contributed by atoms with van der Waals surface area (Å²) in [5.41, 5.74) is 0. The lowest BCUT2D eigenvalue weighted by molar-refractivity contribution is -0.402. The van der Waals surface area contributed by atoms with Gasteiger partial charge in [0, 0.05) is 6.08 Å². The lowest BCUT2D eigenvalue weighted by atomic mass is 10.7. The van der Waals surface area contributed by atoms with Crippen molar-refractivity contribution in [3.63, 3.8) is 0 Å². The number of hydrogen-bond acceptors (Lipinski definition) is 2. The van der Waals surface area contributed by atoms with Crippen molar-refractivity contribution in [1.29, 1.82) is 0 Å². The van der Waals surface area contributed by atoms with Crippen LogP contribution >= 0.6 is 0 Å². The molecule has 0 amide bonds. The molecule has 0 aromatic carbocycles. The molecule has 0 aliphatic carbocycles. The van der Waals surface area contributed by atoms with E-state index in [1.165, 1.54) is 0 Å². The van der Waals surface area contributed by atoms with E-state index in [0.29, 0.717) is 6.20 Å². The number of rotatable bonds is 2. The van der Waals surface area contributed by atoms with E-state index in [-0.39, 0.29) is 0 Å². The van der Waals surface area contributed by atoms with E-state index in [2.05, 4.69) is 0 Å². The average molecular weight is 105 g/mol. The molecule has 0 unspecified atom stereocenters. The maximum absolute atomic E-state index is 11.0. The molecule has 0 rings (SSSR count). The van der Waals surface area contributed by atoms with Crippen LogP contribution in [0.5, 0.6) is 0 Å². The summed E-state index contributed by atoms with van der Waals surface area (Å²) in [6.07, 6.45) is 1.40. The number of hydrogen-bond donors (Lipinski definition) is 0. The Balaban J connectivity index is 3.26. The lowest BCUT2D eigenvalue weighted by Gasteiger charge is -1.71. The topological polar surface area (TPSA) is 43.1 Å². The van der Waals surface area contributed by atoms with Crippen LogP contribution in [0.4, 0.5) is 4.39 Å². The fraction of sp³-hybridized carbons (Fsp3) is 0.333. The van der Waals surface area contributed by atoms with Gasteiger partial charge < -0.3 is 0 Å². The second-order valence-electron chi connectivity index (χ2n) is 0.824. The molecule has 0 saturated heterocycles. The van der Waals surface area contributed by atoms with Crippen molar-refractivity contribution in [2.75, 3.05) is 6.67 Å². The molecule has 0 heterocycles. The minimum atomic E-state index is -0.777. The quantitative estimate of drug-likeness (QED) is 0.384. The van der Waals surface area contributed by atoms with Crippen molar-refractivity contribution in [1.82, 2.24) is 0 Å². The third-order valence-corrected chi connectivity index (χ3v) is 0.316. The molecule has 0 aromatic rings. The van der Waals surface area contributed by atoms with Crippen LogP contribution in [0.3, 0.4) is 0 Å². The highest BCUT2D eigenvalue weighted by atomic mass is 19.1. The largest absolute Gasteiger partial charge is 0.259 e. The van der Waals surface area contributed by atoms with Crippen molar-refractivity contribution < 1.29 is 9.31 Å². The highest BCUT2D eigenvalue weighted by Crippen LogP contribution is 1.72. The summed E-state index contributed by atoms with van der Waals surface area (Å²) in [5, 5.41) is 9.31. The Hall–Kier alpha value is -0.930. The third-order valence-electron chi connectivity index (χ3n) is 0.316. The van der Waals surface area contributed by atoms with Crippen LogP contribution < -0.4 is 0 Å². The number of alkyl halides is 1. The molecule has 0 aliphatic rings. The molecule has 0 radical (unpaired) electrons. The van der Waals surface area contributed by atoms with E-state index in [4.69, 9.17) is 0 Å². The Morgan fingerprint density at radius 2 is 2.43 bits per heavy atom. The summed E-state index contributed by atoms with van der Waals surface area (Å²) >= 11 is 0. The Labute approximate surface area is 39.6 Å². The predicted molar refractivity (Wildman–Crippen MR) is 22.1 cm³/mol. The summed E-state index contributed by atoms with van der Waals surface area (Å²) in [6.45, 7) is -0.777. The smallest absolute Gasteiger partial charge is 0.233 e. The van der Waals surface area contributed by atoms with Gasteiger partial charge >= 0.3 is 0 Å². The molecular weight excluding hydrogens is 101 g/mol. The van der Waals surface area contributed by atoms with Gasteiger partial charge in [0.15, 0.2) is 0 Å². The summed E-state index contributed by atoms with van der Waals surface area (Å²) in [5.74, 6) is 0. The first kappa shape index (κ1) is 6.07. The Morgan fingerprint density at radius 3 is 2.57 bits per heavy atom. The molecule has 4 heteroatoms. The number of nitro groups is 1. The lowest BCUT2D eigenvalue weighted by Crippen LogP contribution is -1.81. The van der Waals surface area contributed by atoms with Crippen LogP contribution in [0.25, 0.3) is 0 Å². The predicted octanol–water partition coefficient (Wildman–Crippen LogP) is 0.746. The fourth-order valence-corrected chi connectivity index (χ4v) is 0.126. The van der Waals surface area contributed by atoms with Gasteiger partial charge in [0.25, 0.3) is 0 Å². The van der Waals surface area contributed by atoms with Crippen molar-refractivity contribution in [2.45, 2.75) is 0 Å². The first-order valence-corrected chi connectivity index (χ1v) is 1.63. The van der Waals surface area contributed by atoms with E-state index >= 15 is 0 Å². The van der Waals surface area contributed by atoms with Crippen LogP contribution in [-0.4, -0.2) is 11.6 Å². The van der Waals surface area contributed by atoms with Crippen LogP contribution in [0.15, 0.2) is 12.3 Å². The molecule has 0 bridgehead atoms. The van der Waals surface area contributed by atoms with Crippen LogP contribution in [-0.2, 0) is 0 Å². The normalized spacial score (nSPS) is 9.86.